The van der Waals surface area contributed by atoms with E-state index in [-0.39, 0.29) is 5.91 Å². The molecule has 168 valence electrons. The molecule has 5 nitrogen and oxygen atoms in total. The van der Waals surface area contributed by atoms with Gasteiger partial charge in [0.15, 0.2) is 5.17 Å². The molecular formula is C26H20N4OS3. The van der Waals surface area contributed by atoms with Gasteiger partial charge in [-0.3, -0.25) is 9.69 Å². The maximum Gasteiger partial charge on any atom is 0.274 e. The first-order valence-corrected chi connectivity index (χ1v) is 13.2. The second-order valence-electron chi connectivity index (χ2n) is 8.12. The highest BCUT2D eigenvalue weighted by Crippen LogP contribution is 2.50. The van der Waals surface area contributed by atoms with Gasteiger partial charge in [0.1, 0.15) is 4.91 Å². The highest BCUT2D eigenvalue weighted by atomic mass is 32.2. The lowest BCUT2D eigenvalue weighted by Gasteiger charge is -2.17. The second-order valence-corrected chi connectivity index (χ2v) is 11.4. The summed E-state index contributed by atoms with van der Waals surface area (Å²) in [6.07, 6.45) is 0. The predicted octanol–water partition coefficient (Wildman–Crippen LogP) is 7.09. The van der Waals surface area contributed by atoms with Crippen molar-refractivity contribution in [2.45, 2.75) is 18.7 Å². The van der Waals surface area contributed by atoms with Crippen molar-refractivity contribution in [2.24, 2.45) is 4.99 Å². The van der Waals surface area contributed by atoms with E-state index < -0.39 is 0 Å². The zero-order valence-electron chi connectivity index (χ0n) is 18.8. The van der Waals surface area contributed by atoms with E-state index in [1.54, 1.807) is 28.0 Å². The number of rotatable bonds is 2. The molecule has 3 heterocycles. The molecule has 2 aliphatic rings. The molecule has 0 aliphatic carbocycles. The van der Waals surface area contributed by atoms with Gasteiger partial charge in [0.25, 0.3) is 5.91 Å². The highest BCUT2D eigenvalue weighted by Gasteiger charge is 2.40. The molecule has 0 unspecified atom stereocenters. The fourth-order valence-electron chi connectivity index (χ4n) is 4.08. The van der Waals surface area contributed by atoms with Gasteiger partial charge in [-0.15, -0.1) is 11.3 Å². The number of carbonyl (C=O) groups excluding carboxylic acids is 1. The van der Waals surface area contributed by atoms with E-state index in [1.165, 1.54) is 11.8 Å². The normalized spacial score (nSPS) is 19.0. The van der Waals surface area contributed by atoms with E-state index in [1.807, 2.05) is 69.4 Å². The van der Waals surface area contributed by atoms with Gasteiger partial charge in [0, 0.05) is 11.9 Å². The minimum Gasteiger partial charge on any atom is -0.337 e. The van der Waals surface area contributed by atoms with Crippen LogP contribution in [0.15, 0.2) is 86.6 Å². The molecule has 0 saturated carbocycles. The quantitative estimate of drug-likeness (QED) is 0.275. The van der Waals surface area contributed by atoms with Crippen molar-refractivity contribution in [3.8, 4) is 0 Å². The lowest BCUT2D eigenvalue weighted by atomic mass is 10.2. The number of amidine groups is 1. The zero-order chi connectivity index (χ0) is 23.4. The number of aryl methyl sites for hydroxylation is 2. The molecular weight excluding hydrogens is 481 g/mol. The van der Waals surface area contributed by atoms with Crippen LogP contribution in [-0.2, 0) is 4.79 Å². The van der Waals surface area contributed by atoms with E-state index in [0.29, 0.717) is 10.1 Å². The van der Waals surface area contributed by atoms with Crippen LogP contribution < -0.4 is 9.80 Å². The summed E-state index contributed by atoms with van der Waals surface area (Å²) in [7, 11) is 2.01. The van der Waals surface area contributed by atoms with Crippen LogP contribution in [0, 0.1) is 13.8 Å². The number of hydrogen-bond donors (Lipinski definition) is 0. The first kappa shape index (κ1) is 21.5. The van der Waals surface area contributed by atoms with E-state index in [4.69, 9.17) is 4.99 Å². The molecule has 1 saturated heterocycles. The van der Waals surface area contributed by atoms with Crippen molar-refractivity contribution in [1.82, 2.24) is 4.98 Å². The minimum atomic E-state index is -0.0536. The third-order valence-electron chi connectivity index (χ3n) is 5.68. The Hall–Kier alpha value is -3.07. The fraction of sp³-hybridized carbons (Fsp3) is 0.115. The molecule has 34 heavy (non-hydrogen) atoms. The SMILES string of the molecule is Cc1cccc(N2C(=O)/C(=C3/Sc4ccccc4N3C)SC2=Nc2ccc3sc(C)nc3c2)c1. The van der Waals surface area contributed by atoms with Gasteiger partial charge in [-0.25, -0.2) is 9.98 Å². The van der Waals surface area contributed by atoms with Crippen LogP contribution in [0.3, 0.4) is 0 Å². The Morgan fingerprint density at radius 2 is 1.79 bits per heavy atom. The van der Waals surface area contributed by atoms with Crippen LogP contribution >= 0.6 is 34.9 Å². The summed E-state index contributed by atoms with van der Waals surface area (Å²) in [5.41, 5.74) is 4.74. The number of thioether (sulfide) groups is 2. The van der Waals surface area contributed by atoms with Crippen LogP contribution in [0.4, 0.5) is 17.1 Å². The number of hydrogen-bond acceptors (Lipinski definition) is 7. The van der Waals surface area contributed by atoms with Gasteiger partial charge in [0.05, 0.1) is 37.3 Å². The van der Waals surface area contributed by atoms with Gasteiger partial charge in [-0.1, -0.05) is 36.0 Å². The van der Waals surface area contributed by atoms with Crippen molar-refractivity contribution in [1.29, 1.82) is 0 Å². The van der Waals surface area contributed by atoms with Crippen molar-refractivity contribution in [2.75, 3.05) is 16.8 Å². The highest BCUT2D eigenvalue weighted by molar-refractivity contribution is 8.20. The van der Waals surface area contributed by atoms with Crippen molar-refractivity contribution in [3.63, 3.8) is 0 Å². The van der Waals surface area contributed by atoms with Crippen LogP contribution in [0.5, 0.6) is 0 Å². The topological polar surface area (TPSA) is 48.8 Å². The van der Waals surface area contributed by atoms with Gasteiger partial charge in [-0.05, 0) is 73.6 Å². The summed E-state index contributed by atoms with van der Waals surface area (Å²) in [6.45, 7) is 4.04. The molecule has 0 N–H and O–H groups in total. The monoisotopic (exact) mass is 500 g/mol. The zero-order valence-corrected chi connectivity index (χ0v) is 21.2. The van der Waals surface area contributed by atoms with Crippen molar-refractivity contribution < 1.29 is 4.79 Å². The lowest BCUT2D eigenvalue weighted by molar-refractivity contribution is -0.113. The largest absolute Gasteiger partial charge is 0.337 e. The van der Waals surface area contributed by atoms with Crippen molar-refractivity contribution in [3.05, 3.63) is 87.2 Å². The molecule has 1 fully saturated rings. The Morgan fingerprint density at radius 3 is 2.62 bits per heavy atom. The van der Waals surface area contributed by atoms with Gasteiger partial charge in [-0.2, -0.15) is 0 Å². The molecule has 0 spiro atoms. The summed E-state index contributed by atoms with van der Waals surface area (Å²) < 4.78 is 1.14. The van der Waals surface area contributed by atoms with E-state index in [0.717, 1.165) is 47.8 Å². The number of anilines is 2. The third-order valence-corrected chi connectivity index (χ3v) is 9.02. The van der Waals surface area contributed by atoms with Crippen LogP contribution in [0.25, 0.3) is 10.2 Å². The molecule has 0 bridgehead atoms. The van der Waals surface area contributed by atoms with Crippen molar-refractivity contribution >= 4 is 73.2 Å². The Balaban J connectivity index is 1.47. The summed E-state index contributed by atoms with van der Waals surface area (Å²) in [5.74, 6) is -0.0536. The fourth-order valence-corrected chi connectivity index (χ4v) is 7.24. The first-order chi connectivity index (χ1) is 16.5. The Bertz CT molecular complexity index is 1540. The van der Waals surface area contributed by atoms with Gasteiger partial charge in [0.2, 0.25) is 0 Å². The molecule has 8 heteroatoms. The van der Waals surface area contributed by atoms with E-state index in [2.05, 4.69) is 28.1 Å². The smallest absolute Gasteiger partial charge is 0.274 e. The van der Waals surface area contributed by atoms with E-state index in [9.17, 15) is 4.79 Å². The first-order valence-electron chi connectivity index (χ1n) is 10.8. The Kier molecular flexibility index (Phi) is 5.24. The third kappa shape index (κ3) is 3.62. The Labute approximate surface area is 210 Å². The van der Waals surface area contributed by atoms with E-state index >= 15 is 0 Å². The molecule has 3 aromatic carbocycles. The number of carbonyl (C=O) groups is 1. The van der Waals surface area contributed by atoms with Gasteiger partial charge < -0.3 is 4.90 Å². The van der Waals surface area contributed by atoms with Gasteiger partial charge >= 0.3 is 0 Å². The number of amides is 1. The maximum atomic E-state index is 13.8. The summed E-state index contributed by atoms with van der Waals surface area (Å²) >= 11 is 4.73. The van der Waals surface area contributed by atoms with Crippen LogP contribution in [0.2, 0.25) is 0 Å². The average molecular weight is 501 g/mol. The molecule has 1 amide bonds. The summed E-state index contributed by atoms with van der Waals surface area (Å²) in [4.78, 5) is 29.0. The number of benzene rings is 3. The molecule has 4 aromatic rings. The molecule has 0 radical (unpaired) electrons. The number of nitrogens with zero attached hydrogens (tertiary/aromatic N) is 4. The number of aliphatic imine (C=N–C) groups is 1. The standard InChI is InChI=1S/C26H20N4OS3/c1-15-7-6-8-18(13-15)30-24(31)23(25-29(3)20-9-4-5-10-22(20)33-25)34-26(30)28-17-11-12-21-19(14-17)27-16(2)32-21/h4-14H,1-3H3/b25-23-,28-26?. The average Bonchev–Trinajstić information content (AvgIpc) is 3.46. The molecule has 1 aromatic heterocycles. The maximum absolute atomic E-state index is 13.8. The number of para-hydroxylation sites is 1. The number of thiazole rings is 1. The second kappa shape index (κ2) is 8.30. The Morgan fingerprint density at radius 1 is 0.941 bits per heavy atom. The summed E-state index contributed by atoms with van der Waals surface area (Å²) in [5, 5.41) is 2.61. The molecule has 0 atom stereocenters. The molecule has 2 aliphatic heterocycles. The number of fused-ring (bicyclic) bond motifs is 2. The summed E-state index contributed by atoms with van der Waals surface area (Å²) in [6, 6.07) is 22.2. The number of aromatic nitrogens is 1. The van der Waals surface area contributed by atoms with Crippen LogP contribution in [0.1, 0.15) is 10.6 Å². The van der Waals surface area contributed by atoms with Crippen LogP contribution in [-0.4, -0.2) is 23.1 Å². The minimum absolute atomic E-state index is 0.0536. The molecule has 6 rings (SSSR count). The lowest BCUT2D eigenvalue weighted by Crippen LogP contribution is -2.29. The predicted molar refractivity (Wildman–Crippen MR) is 145 cm³/mol.